The molecule has 1 N–H and O–H groups in total. The molecule has 0 saturated heterocycles. The molecule has 0 spiro atoms. The first-order valence-electron chi connectivity index (χ1n) is 6.98. The molecule has 0 saturated carbocycles. The summed E-state index contributed by atoms with van der Waals surface area (Å²) in [6, 6.07) is 10.5. The first-order valence-corrected chi connectivity index (χ1v) is 7.96. The summed E-state index contributed by atoms with van der Waals surface area (Å²) in [5.41, 5.74) is 2.29. The number of thioether (sulfide) groups is 1. The van der Waals surface area contributed by atoms with Crippen LogP contribution in [0.3, 0.4) is 0 Å². The molecule has 1 aromatic heterocycles. The Balaban J connectivity index is 1.84. The molecule has 0 amide bonds. The van der Waals surface area contributed by atoms with Crippen molar-refractivity contribution in [2.45, 2.75) is 24.1 Å². The number of nitrogens with zero attached hydrogens (tertiary/aromatic N) is 2. The quantitative estimate of drug-likeness (QED) is 0.600. The van der Waals surface area contributed by atoms with Crippen LogP contribution >= 0.6 is 11.8 Å². The lowest BCUT2D eigenvalue weighted by Crippen LogP contribution is -2.19. The Labute approximate surface area is 130 Å². The highest BCUT2D eigenvalue weighted by Gasteiger charge is 2.01. The number of nitrogens with one attached hydrogen (secondary N) is 1. The normalized spacial score (nSPS) is 10.8. The molecule has 0 bridgehead atoms. The monoisotopic (exact) mass is 303 g/mol. The summed E-state index contributed by atoms with van der Waals surface area (Å²) in [6.45, 7) is 4.38. The fourth-order valence-electron chi connectivity index (χ4n) is 1.78. The average Bonchev–Trinajstić information content (AvgIpc) is 2.52. The minimum atomic E-state index is 0.710. The minimum Gasteiger partial charge on any atom is -0.383 e. The van der Waals surface area contributed by atoms with Crippen LogP contribution in [0.15, 0.2) is 41.4 Å². The summed E-state index contributed by atoms with van der Waals surface area (Å²) in [5.74, 6) is 1.65. The number of hydrogen-bond donors (Lipinski definition) is 1. The molecule has 0 atom stereocenters. The zero-order valence-electron chi connectivity index (χ0n) is 12.5. The lowest BCUT2D eigenvalue weighted by atomic mass is 10.2. The Morgan fingerprint density at radius 1 is 1.19 bits per heavy atom. The molecule has 4 nitrogen and oxygen atoms in total. The van der Waals surface area contributed by atoms with E-state index >= 15 is 0 Å². The van der Waals surface area contributed by atoms with Crippen molar-refractivity contribution in [1.82, 2.24) is 15.3 Å². The highest BCUT2D eigenvalue weighted by atomic mass is 32.2. The maximum Gasteiger partial charge on any atom is 0.138 e. The predicted octanol–water partition coefficient (Wildman–Crippen LogP) is 2.81. The largest absolute Gasteiger partial charge is 0.383 e. The standard InChI is InChI=1S/C16H21N3OS/c1-13-3-5-15(6-4-13)21-12-16-18-8-7-14(19-16)11-17-9-10-20-2/h3-8,17H,9-12H2,1-2H3. The third kappa shape index (κ3) is 5.83. The summed E-state index contributed by atoms with van der Waals surface area (Å²) < 4.78 is 5.00. The van der Waals surface area contributed by atoms with Crippen LogP contribution in [0.2, 0.25) is 0 Å². The van der Waals surface area contributed by atoms with Crippen LogP contribution in [-0.4, -0.2) is 30.2 Å². The number of aromatic nitrogens is 2. The molecule has 0 aliphatic heterocycles. The van der Waals surface area contributed by atoms with Gasteiger partial charge in [-0.1, -0.05) is 17.7 Å². The lowest BCUT2D eigenvalue weighted by Gasteiger charge is -2.06. The van der Waals surface area contributed by atoms with Gasteiger partial charge in [0.2, 0.25) is 0 Å². The van der Waals surface area contributed by atoms with Crippen LogP contribution in [-0.2, 0) is 17.0 Å². The third-order valence-electron chi connectivity index (χ3n) is 2.94. The van der Waals surface area contributed by atoms with Gasteiger partial charge in [-0.25, -0.2) is 9.97 Å². The summed E-state index contributed by atoms with van der Waals surface area (Å²) in [5, 5.41) is 3.29. The van der Waals surface area contributed by atoms with Crippen LogP contribution in [0.4, 0.5) is 0 Å². The maximum atomic E-state index is 5.00. The first-order chi connectivity index (χ1) is 10.3. The number of aryl methyl sites for hydroxylation is 1. The van der Waals surface area contributed by atoms with Crippen molar-refractivity contribution in [3.8, 4) is 0 Å². The Morgan fingerprint density at radius 2 is 2.00 bits per heavy atom. The smallest absolute Gasteiger partial charge is 0.138 e. The van der Waals surface area contributed by atoms with Crippen molar-refractivity contribution < 1.29 is 4.74 Å². The van der Waals surface area contributed by atoms with Crippen LogP contribution in [0, 0.1) is 6.92 Å². The number of methoxy groups -OCH3 is 1. The first kappa shape index (κ1) is 15.9. The molecule has 0 aliphatic carbocycles. The molecule has 0 aliphatic rings. The van der Waals surface area contributed by atoms with Gasteiger partial charge in [0.1, 0.15) is 5.82 Å². The molecule has 1 heterocycles. The van der Waals surface area contributed by atoms with E-state index in [1.54, 1.807) is 18.9 Å². The Kier molecular flexibility index (Phi) is 6.66. The van der Waals surface area contributed by atoms with Crippen molar-refractivity contribution in [2.75, 3.05) is 20.3 Å². The van der Waals surface area contributed by atoms with Gasteiger partial charge in [-0.3, -0.25) is 0 Å². The van der Waals surface area contributed by atoms with E-state index in [-0.39, 0.29) is 0 Å². The van der Waals surface area contributed by atoms with E-state index in [1.165, 1.54) is 10.5 Å². The van der Waals surface area contributed by atoms with Crippen molar-refractivity contribution in [3.63, 3.8) is 0 Å². The van der Waals surface area contributed by atoms with E-state index in [1.807, 2.05) is 12.3 Å². The zero-order valence-corrected chi connectivity index (χ0v) is 13.3. The van der Waals surface area contributed by atoms with Gasteiger partial charge in [-0.15, -0.1) is 11.8 Å². The zero-order chi connectivity index (χ0) is 14.9. The Bertz CT molecular complexity index is 545. The van der Waals surface area contributed by atoms with Gasteiger partial charge in [0.25, 0.3) is 0 Å². The van der Waals surface area contributed by atoms with Gasteiger partial charge in [0.05, 0.1) is 18.1 Å². The van der Waals surface area contributed by atoms with Crippen LogP contribution in [0.25, 0.3) is 0 Å². The molecular formula is C16H21N3OS. The molecule has 21 heavy (non-hydrogen) atoms. The lowest BCUT2D eigenvalue weighted by molar-refractivity contribution is 0.199. The highest BCUT2D eigenvalue weighted by Crippen LogP contribution is 2.21. The fourth-order valence-corrected chi connectivity index (χ4v) is 2.55. The van der Waals surface area contributed by atoms with Gasteiger partial charge in [0.15, 0.2) is 0 Å². The molecule has 1 aromatic carbocycles. The van der Waals surface area contributed by atoms with Gasteiger partial charge in [-0.2, -0.15) is 0 Å². The van der Waals surface area contributed by atoms with Crippen molar-refractivity contribution in [2.24, 2.45) is 0 Å². The fraction of sp³-hybridized carbons (Fsp3) is 0.375. The van der Waals surface area contributed by atoms with Gasteiger partial charge in [0, 0.05) is 31.3 Å². The molecular weight excluding hydrogens is 282 g/mol. The van der Waals surface area contributed by atoms with Crippen LogP contribution in [0.5, 0.6) is 0 Å². The molecule has 0 fully saturated rings. The molecule has 112 valence electrons. The topological polar surface area (TPSA) is 47.0 Å². The van der Waals surface area contributed by atoms with Gasteiger partial charge in [-0.05, 0) is 25.1 Å². The van der Waals surface area contributed by atoms with E-state index in [2.05, 4.69) is 46.5 Å². The van der Waals surface area contributed by atoms with Crippen LogP contribution < -0.4 is 5.32 Å². The molecule has 5 heteroatoms. The average molecular weight is 303 g/mol. The number of ether oxygens (including phenoxy) is 1. The van der Waals surface area contributed by atoms with Crippen molar-refractivity contribution >= 4 is 11.8 Å². The predicted molar refractivity (Wildman–Crippen MR) is 86.4 cm³/mol. The number of rotatable bonds is 8. The third-order valence-corrected chi connectivity index (χ3v) is 3.95. The maximum absolute atomic E-state index is 5.00. The van der Waals surface area contributed by atoms with E-state index in [4.69, 9.17) is 4.74 Å². The second-order valence-corrected chi connectivity index (χ2v) is 5.78. The molecule has 0 radical (unpaired) electrons. The molecule has 2 aromatic rings. The van der Waals surface area contributed by atoms with E-state index in [9.17, 15) is 0 Å². The second kappa shape index (κ2) is 8.77. The van der Waals surface area contributed by atoms with Gasteiger partial charge >= 0.3 is 0 Å². The molecule has 0 unspecified atom stereocenters. The summed E-state index contributed by atoms with van der Waals surface area (Å²) in [4.78, 5) is 10.1. The second-order valence-electron chi connectivity index (χ2n) is 4.74. The number of benzene rings is 1. The van der Waals surface area contributed by atoms with E-state index in [0.717, 1.165) is 30.4 Å². The molecule has 2 rings (SSSR count). The van der Waals surface area contributed by atoms with Crippen LogP contribution in [0.1, 0.15) is 17.1 Å². The summed E-state index contributed by atoms with van der Waals surface area (Å²) in [7, 11) is 1.70. The Hall–Kier alpha value is -1.43. The van der Waals surface area contributed by atoms with Crippen molar-refractivity contribution in [1.29, 1.82) is 0 Å². The summed E-state index contributed by atoms with van der Waals surface area (Å²) in [6.07, 6.45) is 1.82. The van der Waals surface area contributed by atoms with Gasteiger partial charge < -0.3 is 10.1 Å². The highest BCUT2D eigenvalue weighted by molar-refractivity contribution is 7.98. The Morgan fingerprint density at radius 3 is 2.76 bits per heavy atom. The number of hydrogen-bond acceptors (Lipinski definition) is 5. The summed E-state index contributed by atoms with van der Waals surface area (Å²) >= 11 is 1.76. The van der Waals surface area contributed by atoms with Crippen molar-refractivity contribution in [3.05, 3.63) is 53.6 Å². The SMILES string of the molecule is COCCNCc1ccnc(CSc2ccc(C)cc2)n1. The van der Waals surface area contributed by atoms with E-state index < -0.39 is 0 Å². The minimum absolute atomic E-state index is 0.710. The van der Waals surface area contributed by atoms with E-state index in [0.29, 0.717) is 6.61 Å².